The molecule has 8 heteroatoms. The van der Waals surface area contributed by atoms with Crippen molar-refractivity contribution in [1.82, 2.24) is 20.4 Å². The quantitative estimate of drug-likeness (QED) is 0.861. The molecule has 138 valence electrons. The molecule has 1 aliphatic rings. The van der Waals surface area contributed by atoms with E-state index >= 15 is 0 Å². The van der Waals surface area contributed by atoms with Gasteiger partial charge in [0.1, 0.15) is 0 Å². The summed E-state index contributed by atoms with van der Waals surface area (Å²) in [4.78, 5) is 16.5. The van der Waals surface area contributed by atoms with Crippen LogP contribution in [0.3, 0.4) is 0 Å². The van der Waals surface area contributed by atoms with E-state index in [4.69, 9.17) is 23.2 Å². The molecular weight excluding hydrogens is 373 g/mol. The number of amides is 2. The van der Waals surface area contributed by atoms with Crippen LogP contribution in [0.4, 0.5) is 10.6 Å². The molecule has 1 aliphatic heterocycles. The van der Waals surface area contributed by atoms with Gasteiger partial charge in [0.05, 0.1) is 6.04 Å². The van der Waals surface area contributed by atoms with Crippen LogP contribution in [0.2, 0.25) is 10.0 Å². The van der Waals surface area contributed by atoms with Crippen molar-refractivity contribution in [3.05, 3.63) is 52.1 Å². The van der Waals surface area contributed by atoms with Crippen LogP contribution in [0.1, 0.15) is 18.4 Å². The molecule has 0 unspecified atom stereocenters. The number of benzene rings is 1. The Hall–Kier alpha value is -2.05. The summed E-state index contributed by atoms with van der Waals surface area (Å²) in [5, 5.41) is 12.2. The molecule has 6 nitrogen and oxygen atoms in total. The molecule has 2 aromatic rings. The zero-order chi connectivity index (χ0) is 18.5. The molecule has 0 spiro atoms. The van der Waals surface area contributed by atoms with Crippen LogP contribution in [0.5, 0.6) is 0 Å². The highest BCUT2D eigenvalue weighted by atomic mass is 35.5. The van der Waals surface area contributed by atoms with E-state index in [-0.39, 0.29) is 12.1 Å². The van der Waals surface area contributed by atoms with Crippen molar-refractivity contribution in [2.24, 2.45) is 0 Å². The van der Waals surface area contributed by atoms with Gasteiger partial charge in [-0.15, -0.1) is 5.10 Å². The molecule has 1 aromatic carbocycles. The molecule has 0 bridgehead atoms. The lowest BCUT2D eigenvalue weighted by Crippen LogP contribution is -2.51. The number of aromatic nitrogens is 2. The molecule has 2 amide bonds. The monoisotopic (exact) mass is 393 g/mol. The van der Waals surface area contributed by atoms with Gasteiger partial charge in [-0.05, 0) is 48.7 Å². The maximum absolute atomic E-state index is 12.5. The molecule has 3 rings (SSSR count). The van der Waals surface area contributed by atoms with Crippen molar-refractivity contribution in [1.29, 1.82) is 0 Å². The summed E-state index contributed by atoms with van der Waals surface area (Å²) in [7, 11) is 1.82. The average molecular weight is 394 g/mol. The number of nitrogens with zero attached hydrogens (tertiary/aromatic N) is 4. The van der Waals surface area contributed by atoms with Gasteiger partial charge in [-0.3, -0.25) is 0 Å². The topological polar surface area (TPSA) is 61.4 Å². The first-order valence-corrected chi connectivity index (χ1v) is 9.27. The van der Waals surface area contributed by atoms with Gasteiger partial charge in [0.15, 0.2) is 5.82 Å². The lowest BCUT2D eigenvalue weighted by molar-refractivity contribution is 0.182. The minimum atomic E-state index is -0.132. The number of rotatable bonds is 4. The lowest BCUT2D eigenvalue weighted by atomic mass is 10.0. The molecule has 1 atom stereocenters. The maximum atomic E-state index is 12.5. The highest BCUT2D eigenvalue weighted by Crippen LogP contribution is 2.21. The van der Waals surface area contributed by atoms with Crippen molar-refractivity contribution in [3.63, 3.8) is 0 Å². The predicted molar refractivity (Wildman–Crippen MR) is 104 cm³/mol. The number of hydrogen-bond donors (Lipinski definition) is 1. The minimum absolute atomic E-state index is 0.112. The first-order valence-electron chi connectivity index (χ1n) is 8.52. The van der Waals surface area contributed by atoms with Crippen LogP contribution in [-0.2, 0) is 6.54 Å². The second-order valence-corrected chi connectivity index (χ2v) is 7.17. The second-order valence-electron chi connectivity index (χ2n) is 6.33. The van der Waals surface area contributed by atoms with Crippen molar-refractivity contribution < 1.29 is 4.79 Å². The molecule has 1 aromatic heterocycles. The van der Waals surface area contributed by atoms with E-state index in [1.807, 2.05) is 19.2 Å². The van der Waals surface area contributed by atoms with Crippen molar-refractivity contribution in [2.75, 3.05) is 25.0 Å². The van der Waals surface area contributed by atoms with Crippen LogP contribution in [0.15, 0.2) is 36.5 Å². The molecule has 0 aliphatic carbocycles. The summed E-state index contributed by atoms with van der Waals surface area (Å²) in [5.41, 5.74) is 0.797. The van der Waals surface area contributed by atoms with Crippen molar-refractivity contribution in [3.8, 4) is 0 Å². The number of carbonyl (C=O) groups excluding carboxylic acids is 1. The number of carbonyl (C=O) groups is 1. The molecular formula is C18H21Cl2N5O. The molecule has 1 N–H and O–H groups in total. The summed E-state index contributed by atoms with van der Waals surface area (Å²) in [6.45, 7) is 1.99. The molecule has 1 fully saturated rings. The summed E-state index contributed by atoms with van der Waals surface area (Å²) in [5.74, 6) is 0.844. The third kappa shape index (κ3) is 4.56. The average Bonchev–Trinajstić information content (AvgIpc) is 2.68. The predicted octanol–water partition coefficient (Wildman–Crippen LogP) is 3.59. The Morgan fingerprint density at radius 2 is 2.23 bits per heavy atom. The lowest BCUT2D eigenvalue weighted by Gasteiger charge is -2.38. The fraction of sp³-hybridized carbons (Fsp3) is 0.389. The second kappa shape index (κ2) is 8.56. The molecule has 26 heavy (non-hydrogen) atoms. The van der Waals surface area contributed by atoms with Gasteiger partial charge in [-0.25, -0.2) is 4.79 Å². The number of halogens is 2. The summed E-state index contributed by atoms with van der Waals surface area (Å²) < 4.78 is 0. The van der Waals surface area contributed by atoms with Crippen LogP contribution in [-0.4, -0.2) is 47.3 Å². The maximum Gasteiger partial charge on any atom is 0.317 e. The van der Waals surface area contributed by atoms with Gasteiger partial charge >= 0.3 is 6.03 Å². The van der Waals surface area contributed by atoms with Crippen molar-refractivity contribution in [2.45, 2.75) is 25.4 Å². The standard InChI is InChI=1S/C18H21Cl2N5O/c1-24(18(26)21-11-13-10-14(19)6-7-16(13)20)15-4-3-9-25(12-15)17-5-2-8-22-23-17/h2,5-8,10,15H,3-4,9,11-12H2,1H3,(H,21,26)/t15-/m1/s1. The van der Waals surface area contributed by atoms with E-state index in [1.54, 1.807) is 29.3 Å². The van der Waals surface area contributed by atoms with E-state index < -0.39 is 0 Å². The van der Waals surface area contributed by atoms with Gasteiger partial charge in [0, 0.05) is 42.9 Å². The molecule has 0 radical (unpaired) electrons. The van der Waals surface area contributed by atoms with Gasteiger partial charge in [-0.1, -0.05) is 23.2 Å². The van der Waals surface area contributed by atoms with Gasteiger partial charge in [-0.2, -0.15) is 5.10 Å². The van der Waals surface area contributed by atoms with Crippen LogP contribution < -0.4 is 10.2 Å². The summed E-state index contributed by atoms with van der Waals surface area (Å²) in [6.07, 6.45) is 3.61. The Labute approximate surface area is 163 Å². The van der Waals surface area contributed by atoms with E-state index in [0.717, 1.165) is 37.3 Å². The third-order valence-electron chi connectivity index (χ3n) is 4.58. The number of likely N-dealkylation sites (N-methyl/N-ethyl adjacent to an activating group) is 1. The largest absolute Gasteiger partial charge is 0.353 e. The number of nitrogens with one attached hydrogen (secondary N) is 1. The molecule has 1 saturated heterocycles. The van der Waals surface area contributed by atoms with Crippen LogP contribution in [0.25, 0.3) is 0 Å². The third-order valence-corrected chi connectivity index (χ3v) is 5.19. The molecule has 2 heterocycles. The number of piperidine rings is 1. The van der Waals surface area contributed by atoms with E-state index in [2.05, 4.69) is 20.4 Å². The van der Waals surface area contributed by atoms with Crippen LogP contribution >= 0.6 is 23.2 Å². The minimum Gasteiger partial charge on any atom is -0.353 e. The SMILES string of the molecule is CN(C(=O)NCc1cc(Cl)ccc1Cl)[C@@H]1CCCN(c2cccnn2)C1. The van der Waals surface area contributed by atoms with Gasteiger partial charge < -0.3 is 15.1 Å². The number of hydrogen-bond acceptors (Lipinski definition) is 4. The fourth-order valence-electron chi connectivity index (χ4n) is 3.08. The van der Waals surface area contributed by atoms with Gasteiger partial charge in [0.2, 0.25) is 0 Å². The Morgan fingerprint density at radius 3 is 3.00 bits per heavy atom. The summed E-state index contributed by atoms with van der Waals surface area (Å²) >= 11 is 12.1. The zero-order valence-corrected chi connectivity index (χ0v) is 16.0. The van der Waals surface area contributed by atoms with E-state index in [9.17, 15) is 4.79 Å². The van der Waals surface area contributed by atoms with E-state index in [0.29, 0.717) is 16.6 Å². The molecule has 0 saturated carbocycles. The highest BCUT2D eigenvalue weighted by molar-refractivity contribution is 6.33. The zero-order valence-electron chi connectivity index (χ0n) is 14.5. The Balaban J connectivity index is 1.58. The van der Waals surface area contributed by atoms with Crippen LogP contribution in [0, 0.1) is 0 Å². The summed E-state index contributed by atoms with van der Waals surface area (Å²) in [6, 6.07) is 9.01. The fourth-order valence-corrected chi connectivity index (χ4v) is 3.46. The Bertz CT molecular complexity index is 759. The van der Waals surface area contributed by atoms with Gasteiger partial charge in [0.25, 0.3) is 0 Å². The first-order chi connectivity index (χ1) is 12.5. The Kier molecular flexibility index (Phi) is 6.16. The van der Waals surface area contributed by atoms with E-state index in [1.165, 1.54) is 0 Å². The first kappa shape index (κ1) is 18.7. The Morgan fingerprint density at radius 1 is 1.38 bits per heavy atom. The smallest absolute Gasteiger partial charge is 0.317 e. The number of urea groups is 1. The normalized spacial score (nSPS) is 17.0. The highest BCUT2D eigenvalue weighted by Gasteiger charge is 2.26. The van der Waals surface area contributed by atoms with Crippen molar-refractivity contribution >= 4 is 35.1 Å². The number of anilines is 1.